The molecule has 2 rings (SSSR count). The molecular weight excluding hydrogens is 391 g/mol. The topological polar surface area (TPSA) is 9.23 Å². The predicted octanol–water partition coefficient (Wildman–Crippen LogP) is 5.76. The van der Waals surface area contributed by atoms with Gasteiger partial charge in [0.05, 0.1) is 12.7 Å². The van der Waals surface area contributed by atoms with Crippen LogP contribution in [0.15, 0.2) is 53.0 Å². The summed E-state index contributed by atoms with van der Waals surface area (Å²) in [4.78, 5) is 0. The lowest BCUT2D eigenvalue weighted by Crippen LogP contribution is -2.06. The largest absolute Gasteiger partial charge is 0.368 e. The molecule has 0 aliphatic carbocycles. The van der Waals surface area contributed by atoms with Gasteiger partial charge in [-0.25, -0.2) is 0 Å². The van der Waals surface area contributed by atoms with Crippen molar-refractivity contribution < 1.29 is 4.74 Å². The Hall–Kier alpha value is -0.350. The number of alkyl halides is 1. The maximum absolute atomic E-state index is 5.96. The van der Waals surface area contributed by atoms with Crippen LogP contribution in [-0.4, -0.2) is 5.33 Å². The summed E-state index contributed by atoms with van der Waals surface area (Å²) in [7, 11) is 0. The molecule has 4 heteroatoms. The number of halogens is 3. The van der Waals surface area contributed by atoms with Crippen LogP contribution in [-0.2, 0) is 11.3 Å². The van der Waals surface area contributed by atoms with Crippen molar-refractivity contribution in [2.24, 2.45) is 0 Å². The molecular formula is C15H13Br2ClO. The van der Waals surface area contributed by atoms with Crippen molar-refractivity contribution in [2.45, 2.75) is 12.7 Å². The first-order valence-electron chi connectivity index (χ1n) is 5.87. The summed E-state index contributed by atoms with van der Waals surface area (Å²) in [6.07, 6.45) is 0.0179. The Bertz CT molecular complexity index is 528. The van der Waals surface area contributed by atoms with Crippen LogP contribution in [0.2, 0.25) is 5.02 Å². The Morgan fingerprint density at radius 3 is 2.37 bits per heavy atom. The third-order valence-corrected chi connectivity index (χ3v) is 4.39. The normalized spacial score (nSPS) is 12.4. The highest BCUT2D eigenvalue weighted by atomic mass is 79.9. The van der Waals surface area contributed by atoms with Crippen LogP contribution in [0.25, 0.3) is 0 Å². The van der Waals surface area contributed by atoms with E-state index in [0.717, 1.165) is 26.0 Å². The first kappa shape index (κ1) is 15.0. The van der Waals surface area contributed by atoms with E-state index in [0.29, 0.717) is 6.61 Å². The van der Waals surface area contributed by atoms with E-state index in [2.05, 4.69) is 37.9 Å². The van der Waals surface area contributed by atoms with Crippen molar-refractivity contribution in [3.05, 3.63) is 69.2 Å². The van der Waals surface area contributed by atoms with Crippen molar-refractivity contribution >= 4 is 43.5 Å². The van der Waals surface area contributed by atoms with Gasteiger partial charge >= 0.3 is 0 Å². The molecule has 0 spiro atoms. The third kappa shape index (κ3) is 4.32. The molecule has 19 heavy (non-hydrogen) atoms. The summed E-state index contributed by atoms with van der Waals surface area (Å²) >= 11 is 12.9. The molecule has 1 atom stereocenters. The van der Waals surface area contributed by atoms with Gasteiger partial charge in [-0.2, -0.15) is 0 Å². The van der Waals surface area contributed by atoms with Crippen molar-refractivity contribution in [1.82, 2.24) is 0 Å². The van der Waals surface area contributed by atoms with Crippen molar-refractivity contribution in [3.8, 4) is 0 Å². The SMILES string of the molecule is Clc1ccc(C(CBr)OCc2ccccc2Br)cc1. The van der Waals surface area contributed by atoms with Gasteiger partial charge in [-0.3, -0.25) is 0 Å². The summed E-state index contributed by atoms with van der Waals surface area (Å²) in [6, 6.07) is 15.8. The van der Waals surface area contributed by atoms with Crippen LogP contribution in [0.1, 0.15) is 17.2 Å². The van der Waals surface area contributed by atoms with Crippen LogP contribution in [0.3, 0.4) is 0 Å². The highest BCUT2D eigenvalue weighted by Crippen LogP contribution is 2.25. The zero-order valence-corrected chi connectivity index (χ0v) is 14.1. The number of hydrogen-bond donors (Lipinski definition) is 0. The number of benzene rings is 2. The summed E-state index contributed by atoms with van der Waals surface area (Å²) in [5.41, 5.74) is 2.26. The minimum absolute atomic E-state index is 0.0179. The monoisotopic (exact) mass is 402 g/mol. The standard InChI is InChI=1S/C15H13Br2ClO/c16-9-15(11-5-7-13(18)8-6-11)19-10-12-3-1-2-4-14(12)17/h1-8,15H,9-10H2. The van der Waals surface area contributed by atoms with E-state index >= 15 is 0 Å². The van der Waals surface area contributed by atoms with E-state index in [1.54, 1.807) is 0 Å². The van der Waals surface area contributed by atoms with E-state index in [4.69, 9.17) is 16.3 Å². The fourth-order valence-electron chi connectivity index (χ4n) is 1.71. The molecule has 0 heterocycles. The molecule has 0 saturated heterocycles. The number of rotatable bonds is 5. The van der Waals surface area contributed by atoms with Crippen LogP contribution in [0.4, 0.5) is 0 Å². The second kappa shape index (κ2) is 7.44. The molecule has 0 amide bonds. The second-order valence-corrected chi connectivity index (χ2v) is 6.04. The van der Waals surface area contributed by atoms with Gasteiger partial charge in [-0.05, 0) is 29.3 Å². The van der Waals surface area contributed by atoms with Crippen LogP contribution in [0.5, 0.6) is 0 Å². The molecule has 0 aliphatic heterocycles. The zero-order valence-electron chi connectivity index (χ0n) is 10.2. The zero-order chi connectivity index (χ0) is 13.7. The maximum Gasteiger partial charge on any atom is 0.0926 e. The van der Waals surface area contributed by atoms with Gasteiger partial charge in [0.15, 0.2) is 0 Å². The van der Waals surface area contributed by atoms with Crippen molar-refractivity contribution in [3.63, 3.8) is 0 Å². The smallest absolute Gasteiger partial charge is 0.0926 e. The molecule has 0 bridgehead atoms. The molecule has 100 valence electrons. The van der Waals surface area contributed by atoms with Gasteiger partial charge < -0.3 is 4.74 Å². The minimum Gasteiger partial charge on any atom is -0.368 e. The molecule has 1 nitrogen and oxygen atoms in total. The average molecular weight is 405 g/mol. The maximum atomic E-state index is 5.96. The number of hydrogen-bond acceptors (Lipinski definition) is 1. The van der Waals surface area contributed by atoms with Crippen LogP contribution in [0, 0.1) is 0 Å². The van der Waals surface area contributed by atoms with Crippen LogP contribution < -0.4 is 0 Å². The molecule has 0 radical (unpaired) electrons. The third-order valence-electron chi connectivity index (χ3n) is 2.78. The van der Waals surface area contributed by atoms with Crippen molar-refractivity contribution in [1.29, 1.82) is 0 Å². The van der Waals surface area contributed by atoms with E-state index < -0.39 is 0 Å². The lowest BCUT2D eigenvalue weighted by Gasteiger charge is -2.16. The Morgan fingerprint density at radius 1 is 1.05 bits per heavy atom. The van der Waals surface area contributed by atoms with E-state index in [1.165, 1.54) is 0 Å². The molecule has 0 N–H and O–H groups in total. The average Bonchev–Trinajstić information content (AvgIpc) is 2.43. The summed E-state index contributed by atoms with van der Waals surface area (Å²) in [5.74, 6) is 0. The van der Waals surface area contributed by atoms with Gasteiger partial charge in [-0.15, -0.1) is 0 Å². The molecule has 0 aromatic heterocycles. The molecule has 0 saturated carbocycles. The lowest BCUT2D eigenvalue weighted by molar-refractivity contribution is 0.0563. The molecule has 2 aromatic carbocycles. The van der Waals surface area contributed by atoms with Gasteiger partial charge in [0.25, 0.3) is 0 Å². The summed E-state index contributed by atoms with van der Waals surface area (Å²) < 4.78 is 7.03. The molecule has 2 aromatic rings. The van der Waals surface area contributed by atoms with E-state index in [1.807, 2.05) is 42.5 Å². The fourth-order valence-corrected chi connectivity index (χ4v) is 2.80. The Labute approximate surface area is 135 Å². The van der Waals surface area contributed by atoms with Gasteiger partial charge in [0.2, 0.25) is 0 Å². The first-order valence-corrected chi connectivity index (χ1v) is 8.16. The second-order valence-electron chi connectivity index (χ2n) is 4.10. The quantitative estimate of drug-likeness (QED) is 0.576. The van der Waals surface area contributed by atoms with Gasteiger partial charge in [-0.1, -0.05) is 73.8 Å². The lowest BCUT2D eigenvalue weighted by atomic mass is 10.1. The summed E-state index contributed by atoms with van der Waals surface area (Å²) in [5, 5.41) is 1.49. The summed E-state index contributed by atoms with van der Waals surface area (Å²) in [6.45, 7) is 0.570. The molecule has 1 unspecified atom stereocenters. The predicted molar refractivity (Wildman–Crippen MR) is 86.9 cm³/mol. The van der Waals surface area contributed by atoms with Crippen molar-refractivity contribution in [2.75, 3.05) is 5.33 Å². The molecule has 0 fully saturated rings. The highest BCUT2D eigenvalue weighted by molar-refractivity contribution is 9.10. The van der Waals surface area contributed by atoms with Crippen LogP contribution >= 0.6 is 43.5 Å². The Balaban J connectivity index is 2.04. The first-order chi connectivity index (χ1) is 9.20. The number of ether oxygens (including phenoxy) is 1. The van der Waals surface area contributed by atoms with Gasteiger partial charge in [0.1, 0.15) is 0 Å². The van der Waals surface area contributed by atoms with E-state index in [-0.39, 0.29) is 6.10 Å². The van der Waals surface area contributed by atoms with Gasteiger partial charge in [0, 0.05) is 14.8 Å². The Kier molecular flexibility index (Phi) is 5.89. The minimum atomic E-state index is 0.0179. The van der Waals surface area contributed by atoms with E-state index in [9.17, 15) is 0 Å². The fraction of sp³-hybridized carbons (Fsp3) is 0.200. The Morgan fingerprint density at radius 2 is 1.74 bits per heavy atom. The highest BCUT2D eigenvalue weighted by Gasteiger charge is 2.11. The molecule has 0 aliphatic rings.